The predicted octanol–water partition coefficient (Wildman–Crippen LogP) is 1.63. The highest BCUT2D eigenvalue weighted by Crippen LogP contribution is 2.25. The molecule has 2 unspecified atom stereocenters. The molecule has 1 aliphatic heterocycles. The number of amides is 1. The molecular weight excluding hydrogens is 260 g/mol. The lowest BCUT2D eigenvalue weighted by molar-refractivity contribution is -0.123. The molecular formula is C14H28N2O2S. The summed E-state index contributed by atoms with van der Waals surface area (Å²) in [5, 5.41) is 2.99. The van der Waals surface area contributed by atoms with E-state index in [0.29, 0.717) is 18.4 Å². The lowest BCUT2D eigenvalue weighted by Gasteiger charge is -2.34. The highest BCUT2D eigenvalue weighted by Gasteiger charge is 2.29. The number of rotatable bonds is 7. The molecule has 4 nitrogen and oxygen atoms in total. The van der Waals surface area contributed by atoms with Crippen molar-refractivity contribution in [2.24, 2.45) is 17.6 Å². The fraction of sp³-hybridized carbons (Fsp3) is 0.929. The Bertz CT molecular complexity index is 274. The Morgan fingerprint density at radius 1 is 1.53 bits per heavy atom. The number of nitrogens with two attached hydrogens (primary N) is 1. The van der Waals surface area contributed by atoms with Crippen molar-refractivity contribution in [3.8, 4) is 0 Å². The van der Waals surface area contributed by atoms with E-state index in [9.17, 15) is 4.79 Å². The van der Waals surface area contributed by atoms with Crippen LogP contribution in [0.2, 0.25) is 0 Å². The summed E-state index contributed by atoms with van der Waals surface area (Å²) in [6.07, 6.45) is 5.24. The Hall–Kier alpha value is -0.260. The molecule has 0 spiro atoms. The summed E-state index contributed by atoms with van der Waals surface area (Å²) in [4.78, 5) is 11.9. The summed E-state index contributed by atoms with van der Waals surface area (Å²) >= 11 is 1.72. The van der Waals surface area contributed by atoms with Crippen molar-refractivity contribution >= 4 is 17.7 Å². The lowest BCUT2D eigenvalue weighted by atomic mass is 9.87. The molecule has 0 saturated carbocycles. The molecule has 3 N–H and O–H groups in total. The van der Waals surface area contributed by atoms with Gasteiger partial charge in [-0.25, -0.2) is 0 Å². The average molecular weight is 288 g/mol. The van der Waals surface area contributed by atoms with Crippen LogP contribution in [0, 0.1) is 11.8 Å². The molecule has 3 atom stereocenters. The quantitative estimate of drug-likeness (QED) is 0.747. The molecule has 1 heterocycles. The van der Waals surface area contributed by atoms with Gasteiger partial charge in [-0.1, -0.05) is 13.8 Å². The van der Waals surface area contributed by atoms with Crippen LogP contribution in [0.4, 0.5) is 0 Å². The van der Waals surface area contributed by atoms with Gasteiger partial charge in [0.05, 0.1) is 12.1 Å². The zero-order valence-corrected chi connectivity index (χ0v) is 13.2. The molecule has 5 heteroatoms. The van der Waals surface area contributed by atoms with Crippen LogP contribution >= 0.6 is 11.8 Å². The Kier molecular flexibility index (Phi) is 7.80. The second kappa shape index (κ2) is 8.82. The van der Waals surface area contributed by atoms with Crippen molar-refractivity contribution in [1.82, 2.24) is 5.32 Å². The van der Waals surface area contributed by atoms with Crippen LogP contribution in [0.3, 0.4) is 0 Å². The van der Waals surface area contributed by atoms with E-state index in [1.807, 2.05) is 6.26 Å². The van der Waals surface area contributed by atoms with Crippen LogP contribution in [-0.4, -0.2) is 43.2 Å². The third-order valence-corrected chi connectivity index (χ3v) is 4.30. The van der Waals surface area contributed by atoms with Crippen LogP contribution in [0.1, 0.15) is 33.1 Å². The summed E-state index contributed by atoms with van der Waals surface area (Å²) in [6.45, 7) is 5.89. The van der Waals surface area contributed by atoms with Gasteiger partial charge in [0.25, 0.3) is 0 Å². The van der Waals surface area contributed by atoms with E-state index in [-0.39, 0.29) is 18.1 Å². The van der Waals surface area contributed by atoms with E-state index in [1.54, 1.807) is 11.8 Å². The molecule has 1 aliphatic rings. The van der Waals surface area contributed by atoms with E-state index < -0.39 is 0 Å². The number of thioether (sulfide) groups is 1. The second-order valence-corrected chi connectivity index (χ2v) is 6.60. The van der Waals surface area contributed by atoms with Gasteiger partial charge in [-0.2, -0.15) is 11.8 Å². The molecule has 1 fully saturated rings. The number of ether oxygens (including phenoxy) is 1. The van der Waals surface area contributed by atoms with Crippen molar-refractivity contribution in [1.29, 1.82) is 0 Å². The first-order chi connectivity index (χ1) is 9.06. The van der Waals surface area contributed by atoms with Crippen molar-refractivity contribution in [2.75, 3.05) is 25.2 Å². The lowest BCUT2D eigenvalue weighted by Crippen LogP contribution is -2.46. The molecule has 112 valence electrons. The molecule has 0 bridgehead atoms. The normalized spacial score (nSPS) is 25.3. The zero-order valence-electron chi connectivity index (χ0n) is 12.4. The van der Waals surface area contributed by atoms with E-state index in [4.69, 9.17) is 10.5 Å². The number of carbonyl (C=O) groups is 1. The van der Waals surface area contributed by atoms with Crippen LogP contribution in [0.5, 0.6) is 0 Å². The topological polar surface area (TPSA) is 64.4 Å². The Balaban J connectivity index is 2.35. The summed E-state index contributed by atoms with van der Waals surface area (Å²) in [5.74, 6) is 1.82. The molecule has 1 saturated heterocycles. The summed E-state index contributed by atoms with van der Waals surface area (Å²) in [5.41, 5.74) is 5.86. The molecule has 1 rings (SSSR count). The highest BCUT2D eigenvalue weighted by atomic mass is 32.2. The van der Waals surface area contributed by atoms with Gasteiger partial charge in [0.2, 0.25) is 5.91 Å². The maximum Gasteiger partial charge on any atom is 0.236 e. The van der Waals surface area contributed by atoms with Crippen molar-refractivity contribution in [3.63, 3.8) is 0 Å². The van der Waals surface area contributed by atoms with Crippen LogP contribution in [0.15, 0.2) is 0 Å². The Morgan fingerprint density at radius 2 is 2.26 bits per heavy atom. The van der Waals surface area contributed by atoms with E-state index in [1.165, 1.54) is 0 Å². The maximum atomic E-state index is 11.9. The predicted molar refractivity (Wildman–Crippen MR) is 81.3 cm³/mol. The van der Waals surface area contributed by atoms with Gasteiger partial charge in [0.15, 0.2) is 0 Å². The number of carbonyl (C=O) groups excluding carboxylic acids is 1. The average Bonchev–Trinajstić information content (AvgIpc) is 2.42. The Labute approximate surface area is 121 Å². The van der Waals surface area contributed by atoms with Crippen LogP contribution in [0.25, 0.3) is 0 Å². The van der Waals surface area contributed by atoms with E-state index >= 15 is 0 Å². The summed E-state index contributed by atoms with van der Waals surface area (Å²) in [7, 11) is 0. The minimum atomic E-state index is -0.380. The van der Waals surface area contributed by atoms with Crippen LogP contribution < -0.4 is 11.1 Å². The van der Waals surface area contributed by atoms with Gasteiger partial charge in [0, 0.05) is 19.1 Å². The monoisotopic (exact) mass is 288 g/mol. The first-order valence-corrected chi connectivity index (χ1v) is 8.59. The third kappa shape index (κ3) is 5.71. The largest absolute Gasteiger partial charge is 0.378 e. The van der Waals surface area contributed by atoms with Gasteiger partial charge in [-0.3, -0.25) is 4.79 Å². The van der Waals surface area contributed by atoms with Crippen molar-refractivity contribution < 1.29 is 9.53 Å². The summed E-state index contributed by atoms with van der Waals surface area (Å²) < 4.78 is 5.82. The van der Waals surface area contributed by atoms with Gasteiger partial charge in [0.1, 0.15) is 0 Å². The standard InChI is InChI=1S/C14H28N2O2S/c1-10(2)13-11(5-4-7-18-13)9-16-14(17)12(15)6-8-19-3/h10-13H,4-9,15H2,1-3H3,(H,16,17)/t11?,12-,13?/m0/s1. The molecule has 0 aromatic heterocycles. The number of hydrogen-bond acceptors (Lipinski definition) is 4. The fourth-order valence-corrected chi connectivity index (χ4v) is 3.05. The number of nitrogens with one attached hydrogen (secondary N) is 1. The van der Waals surface area contributed by atoms with Gasteiger partial charge >= 0.3 is 0 Å². The maximum absolute atomic E-state index is 11.9. The van der Waals surface area contributed by atoms with E-state index in [2.05, 4.69) is 19.2 Å². The van der Waals surface area contributed by atoms with Gasteiger partial charge in [-0.05, 0) is 37.2 Å². The molecule has 0 aromatic carbocycles. The SMILES string of the molecule is CSCC[C@H](N)C(=O)NCC1CCCOC1C(C)C. The van der Waals surface area contributed by atoms with Crippen molar-refractivity contribution in [2.45, 2.75) is 45.3 Å². The highest BCUT2D eigenvalue weighted by molar-refractivity contribution is 7.98. The van der Waals surface area contributed by atoms with Gasteiger partial charge in [-0.15, -0.1) is 0 Å². The number of hydrogen-bond donors (Lipinski definition) is 2. The molecule has 19 heavy (non-hydrogen) atoms. The Morgan fingerprint density at radius 3 is 2.89 bits per heavy atom. The van der Waals surface area contributed by atoms with Crippen molar-refractivity contribution in [3.05, 3.63) is 0 Å². The van der Waals surface area contributed by atoms with Gasteiger partial charge < -0.3 is 15.8 Å². The molecule has 1 amide bonds. The smallest absolute Gasteiger partial charge is 0.236 e. The zero-order chi connectivity index (χ0) is 14.3. The first-order valence-electron chi connectivity index (χ1n) is 7.20. The fourth-order valence-electron chi connectivity index (χ4n) is 2.56. The molecule has 0 aliphatic carbocycles. The second-order valence-electron chi connectivity index (χ2n) is 5.61. The summed E-state index contributed by atoms with van der Waals surface area (Å²) in [6, 6.07) is -0.380. The molecule has 0 radical (unpaired) electrons. The van der Waals surface area contributed by atoms with Crippen LogP contribution in [-0.2, 0) is 9.53 Å². The minimum absolute atomic E-state index is 0.0258. The first kappa shape index (κ1) is 16.8. The third-order valence-electron chi connectivity index (χ3n) is 3.66. The minimum Gasteiger partial charge on any atom is -0.378 e. The molecule has 0 aromatic rings. The van der Waals surface area contributed by atoms with E-state index in [0.717, 1.165) is 31.6 Å².